The highest BCUT2D eigenvalue weighted by Crippen LogP contribution is 2.34. The lowest BCUT2D eigenvalue weighted by molar-refractivity contribution is 0.294. The third-order valence-electron chi connectivity index (χ3n) is 2.87. The van der Waals surface area contributed by atoms with Crippen LogP contribution >= 0.6 is 11.6 Å². The quantitative estimate of drug-likeness (QED) is 0.829. The number of benzene rings is 1. The van der Waals surface area contributed by atoms with Gasteiger partial charge in [-0.15, -0.1) is 0 Å². The molecule has 0 radical (unpaired) electrons. The number of anilines is 1. The third kappa shape index (κ3) is 3.71. The van der Waals surface area contributed by atoms with Crippen LogP contribution in [0.3, 0.4) is 0 Å². The first kappa shape index (κ1) is 16.2. The Labute approximate surface area is 134 Å². The first-order valence-corrected chi connectivity index (χ1v) is 7.29. The summed E-state index contributed by atoms with van der Waals surface area (Å²) in [4.78, 5) is 4.09. The zero-order valence-electron chi connectivity index (χ0n) is 12.8. The number of aryl methyl sites for hydroxylation is 1. The Morgan fingerprint density at radius 2 is 2.23 bits per heavy atom. The summed E-state index contributed by atoms with van der Waals surface area (Å²) in [6, 6.07) is 3.47. The number of hydrogen-bond donors (Lipinski definition) is 1. The molecule has 0 fully saturated rings. The molecule has 1 heterocycles. The van der Waals surface area contributed by atoms with Gasteiger partial charge in [-0.25, -0.2) is 9.66 Å². The van der Waals surface area contributed by atoms with Gasteiger partial charge in [0.05, 0.1) is 31.8 Å². The number of imidazole rings is 1. The van der Waals surface area contributed by atoms with Gasteiger partial charge < -0.3 is 15.2 Å². The van der Waals surface area contributed by atoms with Crippen LogP contribution in [0.1, 0.15) is 24.6 Å². The van der Waals surface area contributed by atoms with Crippen LogP contribution in [0, 0.1) is 6.92 Å². The highest BCUT2D eigenvalue weighted by atomic mass is 35.5. The molecule has 0 unspecified atom stereocenters. The van der Waals surface area contributed by atoms with Gasteiger partial charge in [-0.1, -0.05) is 18.5 Å². The molecule has 2 rings (SSSR count). The van der Waals surface area contributed by atoms with Crippen LogP contribution in [0.15, 0.2) is 23.4 Å². The average Bonchev–Trinajstić information content (AvgIpc) is 2.81. The number of aromatic nitrogens is 2. The molecule has 22 heavy (non-hydrogen) atoms. The van der Waals surface area contributed by atoms with Crippen molar-refractivity contribution < 1.29 is 9.47 Å². The van der Waals surface area contributed by atoms with Gasteiger partial charge in [-0.05, 0) is 19.4 Å². The minimum absolute atomic E-state index is 0.318. The molecule has 0 atom stereocenters. The number of rotatable bonds is 6. The van der Waals surface area contributed by atoms with E-state index in [2.05, 4.69) is 10.1 Å². The Morgan fingerprint density at radius 1 is 1.45 bits per heavy atom. The van der Waals surface area contributed by atoms with Gasteiger partial charge >= 0.3 is 0 Å². The van der Waals surface area contributed by atoms with Crippen LogP contribution in [-0.2, 0) is 0 Å². The monoisotopic (exact) mass is 322 g/mol. The molecule has 0 amide bonds. The number of halogens is 1. The first-order chi connectivity index (χ1) is 10.5. The standard InChI is InChI=1S/C15H19ClN4O2/c1-4-5-22-14-11(6-12(16)7-13(14)21-3)8-18-20-9-10(2)19-15(20)17/h6-9H,4-5H2,1-3H3,(H2,17,19). The lowest BCUT2D eigenvalue weighted by atomic mass is 10.2. The topological polar surface area (TPSA) is 74.7 Å². The second-order valence-electron chi connectivity index (χ2n) is 4.70. The molecule has 0 aliphatic carbocycles. The van der Waals surface area contributed by atoms with Crippen molar-refractivity contribution in [3.8, 4) is 11.5 Å². The second-order valence-corrected chi connectivity index (χ2v) is 5.14. The van der Waals surface area contributed by atoms with Crippen LogP contribution in [0.5, 0.6) is 11.5 Å². The van der Waals surface area contributed by atoms with E-state index in [-0.39, 0.29) is 0 Å². The minimum atomic E-state index is 0.318. The molecule has 0 aliphatic rings. The molecule has 1 aromatic heterocycles. The Morgan fingerprint density at radius 3 is 2.82 bits per heavy atom. The number of methoxy groups -OCH3 is 1. The van der Waals surface area contributed by atoms with Crippen molar-refractivity contribution >= 4 is 23.8 Å². The van der Waals surface area contributed by atoms with Gasteiger partial charge in [0.15, 0.2) is 11.5 Å². The summed E-state index contributed by atoms with van der Waals surface area (Å²) in [5.41, 5.74) is 7.27. The molecule has 7 heteroatoms. The van der Waals surface area contributed by atoms with Crippen LogP contribution in [-0.4, -0.2) is 29.6 Å². The van der Waals surface area contributed by atoms with Gasteiger partial charge in [0.25, 0.3) is 0 Å². The van der Waals surface area contributed by atoms with Crippen molar-refractivity contribution in [3.63, 3.8) is 0 Å². The lowest BCUT2D eigenvalue weighted by Crippen LogP contribution is -2.02. The van der Waals surface area contributed by atoms with E-state index in [1.165, 1.54) is 4.68 Å². The predicted molar refractivity (Wildman–Crippen MR) is 88.2 cm³/mol. The summed E-state index contributed by atoms with van der Waals surface area (Å²) in [7, 11) is 1.57. The molecule has 0 spiro atoms. The third-order valence-corrected chi connectivity index (χ3v) is 3.09. The molecule has 2 aromatic rings. The summed E-state index contributed by atoms with van der Waals surface area (Å²) in [5, 5.41) is 4.83. The highest BCUT2D eigenvalue weighted by Gasteiger charge is 2.12. The Hall–Kier alpha value is -2.21. The number of nitrogens with zero attached hydrogens (tertiary/aromatic N) is 3. The number of nitrogens with two attached hydrogens (primary N) is 1. The number of nitrogen functional groups attached to an aromatic ring is 1. The van der Waals surface area contributed by atoms with E-state index in [4.69, 9.17) is 26.8 Å². The highest BCUT2D eigenvalue weighted by molar-refractivity contribution is 6.31. The molecule has 1 aromatic carbocycles. The molecule has 0 saturated carbocycles. The molecule has 0 aliphatic heterocycles. The fourth-order valence-corrected chi connectivity index (χ4v) is 2.13. The molecule has 118 valence electrons. The zero-order valence-corrected chi connectivity index (χ0v) is 13.6. The van der Waals surface area contributed by atoms with Crippen molar-refractivity contribution in [2.24, 2.45) is 5.10 Å². The maximum atomic E-state index is 6.11. The van der Waals surface area contributed by atoms with Gasteiger partial charge in [-0.3, -0.25) is 0 Å². The van der Waals surface area contributed by atoms with Crippen molar-refractivity contribution in [2.45, 2.75) is 20.3 Å². The van der Waals surface area contributed by atoms with E-state index in [0.29, 0.717) is 34.6 Å². The van der Waals surface area contributed by atoms with E-state index >= 15 is 0 Å². The van der Waals surface area contributed by atoms with Crippen LogP contribution in [0.25, 0.3) is 0 Å². The van der Waals surface area contributed by atoms with E-state index in [1.807, 2.05) is 13.8 Å². The normalized spacial score (nSPS) is 11.1. The SMILES string of the molecule is CCCOc1c(C=Nn2cc(C)nc2N)cc(Cl)cc1OC. The molecule has 6 nitrogen and oxygen atoms in total. The molecular weight excluding hydrogens is 304 g/mol. The summed E-state index contributed by atoms with van der Waals surface area (Å²) in [5.74, 6) is 1.49. The van der Waals surface area contributed by atoms with Crippen LogP contribution < -0.4 is 15.2 Å². The lowest BCUT2D eigenvalue weighted by Gasteiger charge is -2.13. The average molecular weight is 323 g/mol. The fourth-order valence-electron chi connectivity index (χ4n) is 1.92. The summed E-state index contributed by atoms with van der Waals surface area (Å²) in [6.45, 7) is 4.46. The molecule has 0 bridgehead atoms. The van der Waals surface area contributed by atoms with Gasteiger partial charge in [0, 0.05) is 16.7 Å². The number of hydrogen-bond acceptors (Lipinski definition) is 5. The fraction of sp³-hybridized carbons (Fsp3) is 0.333. The van der Waals surface area contributed by atoms with Gasteiger partial charge in [0.1, 0.15) is 0 Å². The predicted octanol–water partition coefficient (Wildman–Crippen LogP) is 3.11. The van der Waals surface area contributed by atoms with Crippen molar-refractivity contribution in [1.29, 1.82) is 0 Å². The van der Waals surface area contributed by atoms with E-state index in [0.717, 1.165) is 12.1 Å². The van der Waals surface area contributed by atoms with Crippen molar-refractivity contribution in [3.05, 3.63) is 34.6 Å². The summed E-state index contributed by atoms with van der Waals surface area (Å²) in [6.07, 6.45) is 4.24. The Balaban J connectivity index is 2.39. The van der Waals surface area contributed by atoms with E-state index in [1.54, 1.807) is 31.7 Å². The maximum absolute atomic E-state index is 6.11. The Bertz CT molecular complexity index is 682. The van der Waals surface area contributed by atoms with Crippen LogP contribution in [0.4, 0.5) is 5.95 Å². The molecule has 2 N–H and O–H groups in total. The Kier molecular flexibility index (Phi) is 5.27. The van der Waals surface area contributed by atoms with Gasteiger partial charge in [0.2, 0.25) is 5.95 Å². The summed E-state index contributed by atoms with van der Waals surface area (Å²) < 4.78 is 12.6. The second kappa shape index (κ2) is 7.17. The molecular formula is C15H19ClN4O2. The summed E-state index contributed by atoms with van der Waals surface area (Å²) >= 11 is 6.11. The maximum Gasteiger partial charge on any atom is 0.221 e. The molecule has 0 saturated heterocycles. The van der Waals surface area contributed by atoms with Crippen molar-refractivity contribution in [1.82, 2.24) is 9.66 Å². The smallest absolute Gasteiger partial charge is 0.221 e. The van der Waals surface area contributed by atoms with E-state index in [9.17, 15) is 0 Å². The van der Waals surface area contributed by atoms with Gasteiger partial charge in [-0.2, -0.15) is 5.10 Å². The largest absolute Gasteiger partial charge is 0.493 e. The van der Waals surface area contributed by atoms with Crippen molar-refractivity contribution in [2.75, 3.05) is 19.5 Å². The van der Waals surface area contributed by atoms with E-state index < -0.39 is 0 Å². The number of ether oxygens (including phenoxy) is 2. The first-order valence-electron chi connectivity index (χ1n) is 6.91. The zero-order chi connectivity index (χ0) is 16.1. The minimum Gasteiger partial charge on any atom is -0.493 e. The van der Waals surface area contributed by atoms with Crippen LogP contribution in [0.2, 0.25) is 5.02 Å².